The molecule has 0 spiro atoms. The third-order valence-corrected chi connectivity index (χ3v) is 4.85. The van der Waals surface area contributed by atoms with Gasteiger partial charge in [-0.15, -0.1) is 0 Å². The molecule has 0 unspecified atom stereocenters. The molecule has 4 rings (SSSR count). The van der Waals surface area contributed by atoms with E-state index in [2.05, 4.69) is 19.9 Å². The van der Waals surface area contributed by atoms with Gasteiger partial charge in [0.05, 0.1) is 5.69 Å². The molecule has 0 aliphatic carbocycles. The van der Waals surface area contributed by atoms with Crippen LogP contribution in [-0.4, -0.2) is 27.3 Å². The van der Waals surface area contributed by atoms with Gasteiger partial charge in [-0.1, -0.05) is 35.9 Å². The van der Waals surface area contributed by atoms with E-state index in [-0.39, 0.29) is 5.78 Å². The number of anilines is 1. The SMILES string of the molecule is Cc1cccc(CC(=O)c2cccc(N3CCc4nc(C)ncc4C3)n2)c1. The van der Waals surface area contributed by atoms with Gasteiger partial charge < -0.3 is 4.90 Å². The van der Waals surface area contributed by atoms with E-state index >= 15 is 0 Å². The molecule has 0 radical (unpaired) electrons. The van der Waals surface area contributed by atoms with Crippen molar-refractivity contribution in [2.75, 3.05) is 11.4 Å². The summed E-state index contributed by atoms with van der Waals surface area (Å²) in [5.74, 6) is 1.68. The first-order valence-corrected chi connectivity index (χ1v) is 9.20. The van der Waals surface area contributed by atoms with E-state index < -0.39 is 0 Å². The number of Topliss-reactive ketones (excluding diaryl/α,β-unsaturated/α-hetero) is 1. The van der Waals surface area contributed by atoms with Crippen molar-refractivity contribution in [3.63, 3.8) is 0 Å². The summed E-state index contributed by atoms with van der Waals surface area (Å²) in [6.45, 7) is 5.51. The summed E-state index contributed by atoms with van der Waals surface area (Å²) in [4.78, 5) is 28.4. The number of fused-ring (bicyclic) bond motifs is 1. The summed E-state index contributed by atoms with van der Waals surface area (Å²) in [6.07, 6.45) is 3.13. The third-order valence-electron chi connectivity index (χ3n) is 4.85. The van der Waals surface area contributed by atoms with Crippen molar-refractivity contribution in [2.24, 2.45) is 0 Å². The smallest absolute Gasteiger partial charge is 0.185 e. The van der Waals surface area contributed by atoms with E-state index in [1.165, 1.54) is 0 Å². The lowest BCUT2D eigenvalue weighted by Gasteiger charge is -2.29. The lowest BCUT2D eigenvalue weighted by atomic mass is 10.0. The number of hydrogen-bond acceptors (Lipinski definition) is 5. The zero-order valence-corrected chi connectivity index (χ0v) is 15.6. The third kappa shape index (κ3) is 3.87. The Morgan fingerprint density at radius 2 is 1.96 bits per heavy atom. The number of hydrogen-bond donors (Lipinski definition) is 0. The van der Waals surface area contributed by atoms with E-state index in [0.29, 0.717) is 12.1 Å². The predicted molar refractivity (Wildman–Crippen MR) is 105 cm³/mol. The molecule has 0 saturated carbocycles. The van der Waals surface area contributed by atoms with E-state index in [1.807, 2.05) is 56.4 Å². The first-order chi connectivity index (χ1) is 13.1. The minimum atomic E-state index is 0.0406. The number of pyridine rings is 1. The summed E-state index contributed by atoms with van der Waals surface area (Å²) < 4.78 is 0. The molecule has 0 fully saturated rings. The maximum Gasteiger partial charge on any atom is 0.185 e. The van der Waals surface area contributed by atoms with Crippen LogP contribution in [0.25, 0.3) is 0 Å². The van der Waals surface area contributed by atoms with Crippen LogP contribution in [-0.2, 0) is 19.4 Å². The Hall–Kier alpha value is -3.08. The number of carbonyl (C=O) groups is 1. The minimum absolute atomic E-state index is 0.0406. The highest BCUT2D eigenvalue weighted by molar-refractivity contribution is 5.96. The number of carbonyl (C=O) groups excluding carboxylic acids is 1. The predicted octanol–water partition coefficient (Wildman–Crippen LogP) is 3.48. The van der Waals surface area contributed by atoms with Gasteiger partial charge in [0.15, 0.2) is 5.78 Å². The highest BCUT2D eigenvalue weighted by atomic mass is 16.1. The fraction of sp³-hybridized carbons (Fsp3) is 0.273. The fourth-order valence-electron chi connectivity index (χ4n) is 3.46. The Kier molecular flexibility index (Phi) is 4.67. The second-order valence-corrected chi connectivity index (χ2v) is 7.03. The first kappa shape index (κ1) is 17.3. The normalized spacial score (nSPS) is 13.3. The molecule has 3 aromatic rings. The van der Waals surface area contributed by atoms with E-state index in [9.17, 15) is 4.79 Å². The van der Waals surface area contributed by atoms with Crippen LogP contribution in [0.15, 0.2) is 48.7 Å². The van der Waals surface area contributed by atoms with Gasteiger partial charge in [-0.05, 0) is 31.5 Å². The maximum absolute atomic E-state index is 12.7. The van der Waals surface area contributed by atoms with Crippen molar-refractivity contribution in [3.05, 3.63) is 82.6 Å². The van der Waals surface area contributed by atoms with Crippen LogP contribution in [0.3, 0.4) is 0 Å². The lowest BCUT2D eigenvalue weighted by molar-refractivity contribution is 0.0988. The second-order valence-electron chi connectivity index (χ2n) is 7.03. The number of rotatable bonds is 4. The molecular weight excluding hydrogens is 336 g/mol. The Bertz CT molecular complexity index is 999. The lowest BCUT2D eigenvalue weighted by Crippen LogP contribution is -2.32. The zero-order valence-electron chi connectivity index (χ0n) is 15.6. The fourth-order valence-corrected chi connectivity index (χ4v) is 3.46. The van der Waals surface area contributed by atoms with Gasteiger partial charge >= 0.3 is 0 Å². The molecular formula is C22H22N4O. The van der Waals surface area contributed by atoms with Crippen molar-refractivity contribution in [2.45, 2.75) is 33.2 Å². The summed E-state index contributed by atoms with van der Waals surface area (Å²) in [7, 11) is 0. The quantitative estimate of drug-likeness (QED) is 0.668. The van der Waals surface area contributed by atoms with Crippen LogP contribution >= 0.6 is 0 Å². The van der Waals surface area contributed by atoms with E-state index in [0.717, 1.165) is 53.5 Å². The van der Waals surface area contributed by atoms with Crippen LogP contribution < -0.4 is 4.90 Å². The Labute approximate surface area is 159 Å². The number of aryl methyl sites for hydroxylation is 2. The topological polar surface area (TPSA) is 59.0 Å². The molecule has 0 N–H and O–H groups in total. The summed E-state index contributed by atoms with van der Waals surface area (Å²) >= 11 is 0. The molecule has 5 heteroatoms. The van der Waals surface area contributed by atoms with Gasteiger partial charge in [0.25, 0.3) is 0 Å². The largest absolute Gasteiger partial charge is 0.352 e. The summed E-state index contributed by atoms with van der Waals surface area (Å²) in [5, 5.41) is 0. The summed E-state index contributed by atoms with van der Waals surface area (Å²) in [5.41, 5.74) is 4.94. The van der Waals surface area contributed by atoms with Gasteiger partial charge in [0, 0.05) is 37.7 Å². The molecule has 0 saturated heterocycles. The van der Waals surface area contributed by atoms with Crippen LogP contribution in [0.2, 0.25) is 0 Å². The number of aromatic nitrogens is 3. The molecule has 0 bridgehead atoms. The van der Waals surface area contributed by atoms with Gasteiger partial charge in [-0.3, -0.25) is 4.79 Å². The number of benzene rings is 1. The molecule has 1 aromatic carbocycles. The molecule has 1 aliphatic heterocycles. The van der Waals surface area contributed by atoms with Crippen molar-refractivity contribution < 1.29 is 4.79 Å². The highest BCUT2D eigenvalue weighted by Gasteiger charge is 2.20. The van der Waals surface area contributed by atoms with Gasteiger partial charge in [-0.25, -0.2) is 15.0 Å². The zero-order chi connectivity index (χ0) is 18.8. The van der Waals surface area contributed by atoms with Crippen LogP contribution in [0.5, 0.6) is 0 Å². The molecule has 1 aliphatic rings. The average molecular weight is 358 g/mol. The standard InChI is InChI=1S/C22H22N4O/c1-15-5-3-6-17(11-15)12-21(27)20-7-4-8-22(25-20)26-10-9-19-18(14-26)13-23-16(2)24-19/h3-8,11,13H,9-10,12,14H2,1-2H3. The van der Waals surface area contributed by atoms with Gasteiger partial charge in [0.1, 0.15) is 17.3 Å². The van der Waals surface area contributed by atoms with Crippen molar-refractivity contribution in [1.82, 2.24) is 15.0 Å². The molecule has 3 heterocycles. The van der Waals surface area contributed by atoms with Gasteiger partial charge in [0.2, 0.25) is 0 Å². The average Bonchev–Trinajstić information content (AvgIpc) is 2.67. The van der Waals surface area contributed by atoms with Crippen molar-refractivity contribution in [3.8, 4) is 0 Å². The summed E-state index contributed by atoms with van der Waals surface area (Å²) in [6, 6.07) is 13.7. The van der Waals surface area contributed by atoms with Crippen LogP contribution in [0.1, 0.15) is 38.7 Å². The molecule has 5 nitrogen and oxygen atoms in total. The van der Waals surface area contributed by atoms with Crippen LogP contribution in [0.4, 0.5) is 5.82 Å². The Morgan fingerprint density at radius 3 is 2.81 bits per heavy atom. The molecule has 2 aromatic heterocycles. The first-order valence-electron chi connectivity index (χ1n) is 9.20. The molecule has 27 heavy (non-hydrogen) atoms. The van der Waals surface area contributed by atoms with Crippen molar-refractivity contribution in [1.29, 1.82) is 0 Å². The Morgan fingerprint density at radius 1 is 1.11 bits per heavy atom. The molecule has 0 atom stereocenters. The van der Waals surface area contributed by atoms with E-state index in [4.69, 9.17) is 0 Å². The minimum Gasteiger partial charge on any atom is -0.352 e. The number of ketones is 1. The molecule has 0 amide bonds. The number of nitrogens with zero attached hydrogens (tertiary/aromatic N) is 4. The van der Waals surface area contributed by atoms with Crippen molar-refractivity contribution >= 4 is 11.6 Å². The molecule has 136 valence electrons. The van der Waals surface area contributed by atoms with Gasteiger partial charge in [-0.2, -0.15) is 0 Å². The second kappa shape index (κ2) is 7.27. The Balaban J connectivity index is 1.52. The van der Waals surface area contributed by atoms with Crippen LogP contribution in [0, 0.1) is 13.8 Å². The monoisotopic (exact) mass is 358 g/mol. The maximum atomic E-state index is 12.7. The highest BCUT2D eigenvalue weighted by Crippen LogP contribution is 2.22. The van der Waals surface area contributed by atoms with E-state index in [1.54, 1.807) is 6.07 Å².